The van der Waals surface area contributed by atoms with E-state index in [0.717, 1.165) is 15.4 Å². The van der Waals surface area contributed by atoms with Crippen LogP contribution in [0.15, 0.2) is 0 Å². The van der Waals surface area contributed by atoms with Gasteiger partial charge in [0.2, 0.25) is 0 Å². The van der Waals surface area contributed by atoms with Gasteiger partial charge in [0.15, 0.2) is 0 Å². The van der Waals surface area contributed by atoms with E-state index in [0.29, 0.717) is 0 Å². The molecule has 0 amide bonds. The fourth-order valence-electron chi connectivity index (χ4n) is 1.12. The van der Waals surface area contributed by atoms with Crippen LogP contribution in [0, 0.1) is 10.6 Å². The number of halogens is 1. The molecule has 3 heteroatoms. The maximum atomic E-state index is 4.30. The van der Waals surface area contributed by atoms with Gasteiger partial charge in [-0.15, -0.1) is 0 Å². The first-order valence-corrected chi connectivity index (χ1v) is 4.57. The van der Waals surface area contributed by atoms with Crippen LogP contribution in [0.2, 0.25) is 0 Å². The highest BCUT2D eigenvalue weighted by atomic mass is 127. The zero-order valence-corrected chi connectivity index (χ0v) is 7.97. The lowest BCUT2D eigenvalue weighted by Crippen LogP contribution is -1.81. The van der Waals surface area contributed by atoms with Gasteiger partial charge in [0, 0.05) is 5.92 Å². The average molecular weight is 248 g/mol. The Labute approximate surface area is 73.6 Å². The Balaban J connectivity index is 2.38. The number of hydrogen-bond acceptors (Lipinski definition) is 1. The molecular weight excluding hydrogens is 239 g/mol. The van der Waals surface area contributed by atoms with Gasteiger partial charge in [-0.05, 0) is 42.4 Å². The number of nitrogens with one attached hydrogen (secondary N) is 1. The molecule has 0 spiro atoms. The number of hydrogen-bond donors (Lipinski definition) is 1. The molecule has 2 rings (SSSR count). The van der Waals surface area contributed by atoms with Gasteiger partial charge in [0.1, 0.15) is 9.53 Å². The first-order chi connectivity index (χ1) is 4.77. The van der Waals surface area contributed by atoms with Gasteiger partial charge in [0.25, 0.3) is 0 Å². The molecule has 2 nitrogen and oxygen atoms in total. The van der Waals surface area contributed by atoms with Gasteiger partial charge >= 0.3 is 0 Å². The second kappa shape index (κ2) is 2.22. The SMILES string of the molecule is Cc1nc(I)c(C2CC2)[nH]1. The van der Waals surface area contributed by atoms with E-state index in [2.05, 4.69) is 32.6 Å². The first-order valence-electron chi connectivity index (χ1n) is 3.49. The van der Waals surface area contributed by atoms with Crippen LogP contribution in [0.3, 0.4) is 0 Å². The van der Waals surface area contributed by atoms with Gasteiger partial charge in [-0.3, -0.25) is 0 Å². The topological polar surface area (TPSA) is 28.7 Å². The Hall–Kier alpha value is -0.0600. The minimum absolute atomic E-state index is 0.799. The van der Waals surface area contributed by atoms with Crippen molar-refractivity contribution in [1.29, 1.82) is 0 Å². The van der Waals surface area contributed by atoms with Crippen LogP contribution >= 0.6 is 22.6 Å². The molecule has 0 saturated heterocycles. The van der Waals surface area contributed by atoms with E-state index in [1.54, 1.807) is 0 Å². The normalized spacial score (nSPS) is 17.8. The van der Waals surface area contributed by atoms with Gasteiger partial charge in [0.05, 0.1) is 5.69 Å². The molecule has 1 saturated carbocycles. The van der Waals surface area contributed by atoms with Crippen molar-refractivity contribution in [1.82, 2.24) is 9.97 Å². The second-order valence-corrected chi connectivity index (χ2v) is 3.82. The van der Waals surface area contributed by atoms with Gasteiger partial charge in [-0.1, -0.05) is 0 Å². The molecular formula is C7H9IN2. The Morgan fingerprint density at radius 2 is 2.30 bits per heavy atom. The summed E-state index contributed by atoms with van der Waals surface area (Å²) in [6, 6.07) is 0. The number of H-pyrrole nitrogens is 1. The lowest BCUT2D eigenvalue weighted by Gasteiger charge is -1.88. The van der Waals surface area contributed by atoms with Crippen molar-refractivity contribution in [3.05, 3.63) is 15.2 Å². The van der Waals surface area contributed by atoms with Gasteiger partial charge < -0.3 is 4.98 Å². The molecule has 1 aromatic rings. The van der Waals surface area contributed by atoms with Crippen molar-refractivity contribution in [2.45, 2.75) is 25.7 Å². The molecule has 1 fully saturated rings. The predicted octanol–water partition coefficient (Wildman–Crippen LogP) is 2.20. The van der Waals surface area contributed by atoms with Crippen molar-refractivity contribution in [3.63, 3.8) is 0 Å². The van der Waals surface area contributed by atoms with Crippen molar-refractivity contribution < 1.29 is 0 Å². The Morgan fingerprint density at radius 3 is 2.70 bits per heavy atom. The van der Waals surface area contributed by atoms with Crippen molar-refractivity contribution in [2.24, 2.45) is 0 Å². The minimum atomic E-state index is 0.799. The van der Waals surface area contributed by atoms with E-state index < -0.39 is 0 Å². The summed E-state index contributed by atoms with van der Waals surface area (Å²) in [6.07, 6.45) is 2.69. The Morgan fingerprint density at radius 1 is 1.60 bits per heavy atom. The average Bonchev–Trinajstić information content (AvgIpc) is 2.61. The Bertz CT molecular complexity index is 250. The summed E-state index contributed by atoms with van der Waals surface area (Å²) in [5.41, 5.74) is 1.36. The van der Waals surface area contributed by atoms with Gasteiger partial charge in [-0.25, -0.2) is 4.98 Å². The van der Waals surface area contributed by atoms with Crippen LogP contribution in [-0.4, -0.2) is 9.97 Å². The predicted molar refractivity (Wildman–Crippen MR) is 48.0 cm³/mol. The Kier molecular flexibility index (Phi) is 1.47. The summed E-state index contributed by atoms with van der Waals surface area (Å²) >= 11 is 2.29. The molecule has 1 aromatic heterocycles. The number of nitrogens with zero attached hydrogens (tertiary/aromatic N) is 1. The number of imidazole rings is 1. The fraction of sp³-hybridized carbons (Fsp3) is 0.571. The maximum Gasteiger partial charge on any atom is 0.122 e. The minimum Gasteiger partial charge on any atom is -0.345 e. The van der Waals surface area contributed by atoms with Crippen LogP contribution in [-0.2, 0) is 0 Å². The molecule has 1 N–H and O–H groups in total. The largest absolute Gasteiger partial charge is 0.345 e. The number of aryl methyl sites for hydroxylation is 1. The molecule has 54 valence electrons. The first kappa shape index (κ1) is 6.64. The zero-order chi connectivity index (χ0) is 7.14. The van der Waals surface area contributed by atoms with Crippen LogP contribution in [0.25, 0.3) is 0 Å². The molecule has 1 aliphatic rings. The summed E-state index contributed by atoms with van der Waals surface area (Å²) in [5, 5.41) is 0. The zero-order valence-electron chi connectivity index (χ0n) is 5.82. The summed E-state index contributed by atoms with van der Waals surface area (Å²) < 4.78 is 1.16. The summed E-state index contributed by atoms with van der Waals surface area (Å²) in [6.45, 7) is 2.01. The molecule has 0 atom stereocenters. The van der Waals surface area contributed by atoms with E-state index in [1.807, 2.05) is 6.92 Å². The molecule has 0 radical (unpaired) electrons. The van der Waals surface area contributed by atoms with E-state index in [4.69, 9.17) is 0 Å². The molecule has 10 heavy (non-hydrogen) atoms. The smallest absolute Gasteiger partial charge is 0.122 e. The highest BCUT2D eigenvalue weighted by Gasteiger charge is 2.27. The van der Waals surface area contributed by atoms with Crippen LogP contribution in [0.5, 0.6) is 0 Å². The quantitative estimate of drug-likeness (QED) is 0.758. The lowest BCUT2D eigenvalue weighted by atomic mass is 10.3. The number of aromatic nitrogens is 2. The third kappa shape index (κ3) is 1.07. The standard InChI is InChI=1S/C7H9IN2/c1-4-9-6(5-2-3-5)7(8)10-4/h5H,2-3H2,1H3,(H,9,10). The summed E-state index contributed by atoms with van der Waals surface area (Å²) in [4.78, 5) is 7.59. The molecule has 1 heterocycles. The maximum absolute atomic E-state index is 4.30. The van der Waals surface area contributed by atoms with Gasteiger partial charge in [-0.2, -0.15) is 0 Å². The molecule has 0 unspecified atom stereocenters. The highest BCUT2D eigenvalue weighted by Crippen LogP contribution is 2.40. The number of aromatic amines is 1. The van der Waals surface area contributed by atoms with Crippen LogP contribution in [0.4, 0.5) is 0 Å². The summed E-state index contributed by atoms with van der Waals surface area (Å²) in [7, 11) is 0. The van der Waals surface area contributed by atoms with E-state index in [-0.39, 0.29) is 0 Å². The van der Waals surface area contributed by atoms with Crippen molar-refractivity contribution in [2.75, 3.05) is 0 Å². The number of rotatable bonds is 1. The lowest BCUT2D eigenvalue weighted by molar-refractivity contribution is 1.02. The summed E-state index contributed by atoms with van der Waals surface area (Å²) in [5.74, 6) is 1.85. The third-order valence-corrected chi connectivity index (χ3v) is 2.61. The third-order valence-electron chi connectivity index (χ3n) is 1.79. The van der Waals surface area contributed by atoms with E-state index >= 15 is 0 Å². The van der Waals surface area contributed by atoms with E-state index in [9.17, 15) is 0 Å². The molecule has 0 aromatic carbocycles. The van der Waals surface area contributed by atoms with E-state index in [1.165, 1.54) is 18.5 Å². The second-order valence-electron chi connectivity index (χ2n) is 2.80. The van der Waals surface area contributed by atoms with Crippen LogP contribution in [0.1, 0.15) is 30.3 Å². The fourth-order valence-corrected chi connectivity index (χ4v) is 2.06. The molecule has 0 aliphatic heterocycles. The molecule has 1 aliphatic carbocycles. The van der Waals surface area contributed by atoms with Crippen LogP contribution < -0.4 is 0 Å². The highest BCUT2D eigenvalue weighted by molar-refractivity contribution is 14.1. The van der Waals surface area contributed by atoms with Crippen molar-refractivity contribution >= 4 is 22.6 Å². The monoisotopic (exact) mass is 248 g/mol. The van der Waals surface area contributed by atoms with Crippen molar-refractivity contribution in [3.8, 4) is 0 Å². The molecule has 0 bridgehead atoms.